The van der Waals surface area contributed by atoms with Crippen molar-refractivity contribution in [1.29, 1.82) is 0 Å². The number of carboxylic acids is 1. The predicted octanol–water partition coefficient (Wildman–Crippen LogP) is 1.68. The van der Waals surface area contributed by atoms with Crippen LogP contribution in [0.2, 0.25) is 0 Å². The average Bonchev–Trinajstić information content (AvgIpc) is 2.87. The summed E-state index contributed by atoms with van der Waals surface area (Å²) in [6, 6.07) is 6.80. The maximum atomic E-state index is 12.2. The Hall–Kier alpha value is -2.37. The van der Waals surface area contributed by atoms with E-state index in [-0.39, 0.29) is 24.2 Å². The molecule has 1 aromatic carbocycles. The first kappa shape index (κ1) is 16.0. The van der Waals surface area contributed by atoms with Crippen LogP contribution in [0, 0.1) is 5.92 Å². The molecule has 0 spiro atoms. The fourth-order valence-corrected chi connectivity index (χ4v) is 2.53. The number of nitrogens with one attached hydrogen (secondary N) is 1. The molecule has 1 saturated heterocycles. The summed E-state index contributed by atoms with van der Waals surface area (Å²) in [5.41, 5.74) is 1.18. The summed E-state index contributed by atoms with van der Waals surface area (Å²) in [7, 11) is 0. The minimum Gasteiger partial charge on any atom is -0.481 e. The minimum atomic E-state index is -0.913. The van der Waals surface area contributed by atoms with Crippen molar-refractivity contribution in [2.45, 2.75) is 26.2 Å². The summed E-state index contributed by atoms with van der Waals surface area (Å²) in [4.78, 5) is 36.6. The summed E-state index contributed by atoms with van der Waals surface area (Å²) in [5.74, 6) is -2.11. The topological polar surface area (TPSA) is 86.7 Å². The fourth-order valence-electron chi connectivity index (χ4n) is 2.53. The number of carbonyl (C=O) groups is 3. The molecule has 1 fully saturated rings. The SMILES string of the molecule is CCN1CC(C(=O)Nc2cccc(C(C)C(=O)O)c2)CC1=O. The first-order valence-corrected chi connectivity index (χ1v) is 7.33. The van der Waals surface area contributed by atoms with Crippen molar-refractivity contribution in [2.75, 3.05) is 18.4 Å². The van der Waals surface area contributed by atoms with Crippen LogP contribution in [0.3, 0.4) is 0 Å². The second-order valence-electron chi connectivity index (χ2n) is 5.51. The number of likely N-dealkylation sites (tertiary alicyclic amines) is 1. The number of hydrogen-bond acceptors (Lipinski definition) is 3. The molecule has 118 valence electrons. The number of carbonyl (C=O) groups excluding carboxylic acids is 2. The third-order valence-corrected chi connectivity index (χ3v) is 3.99. The van der Waals surface area contributed by atoms with Crippen LogP contribution in [-0.4, -0.2) is 40.9 Å². The fraction of sp³-hybridized carbons (Fsp3) is 0.438. The standard InChI is InChI=1S/C16H20N2O4/c1-3-18-9-12(8-14(18)19)15(20)17-13-6-4-5-11(7-13)10(2)16(21)22/h4-7,10,12H,3,8-9H2,1-2H3,(H,17,20)(H,21,22). The zero-order chi connectivity index (χ0) is 16.3. The third-order valence-electron chi connectivity index (χ3n) is 3.99. The molecule has 1 aliphatic rings. The zero-order valence-electron chi connectivity index (χ0n) is 12.7. The van der Waals surface area contributed by atoms with E-state index in [9.17, 15) is 14.4 Å². The highest BCUT2D eigenvalue weighted by Gasteiger charge is 2.33. The number of hydrogen-bond donors (Lipinski definition) is 2. The number of nitrogens with zero attached hydrogens (tertiary/aromatic N) is 1. The van der Waals surface area contributed by atoms with Crippen molar-refractivity contribution in [2.24, 2.45) is 5.92 Å². The van der Waals surface area contributed by atoms with E-state index in [1.165, 1.54) is 0 Å². The van der Waals surface area contributed by atoms with Crippen LogP contribution in [0.4, 0.5) is 5.69 Å². The largest absolute Gasteiger partial charge is 0.481 e. The first-order valence-electron chi connectivity index (χ1n) is 7.33. The predicted molar refractivity (Wildman–Crippen MR) is 81.5 cm³/mol. The number of amides is 2. The van der Waals surface area contributed by atoms with Gasteiger partial charge in [0.1, 0.15) is 0 Å². The van der Waals surface area contributed by atoms with E-state index in [0.717, 1.165) is 0 Å². The molecule has 2 rings (SSSR count). The van der Waals surface area contributed by atoms with Gasteiger partial charge in [0, 0.05) is 25.2 Å². The Kier molecular flexibility index (Phi) is 4.80. The third kappa shape index (κ3) is 3.44. The highest BCUT2D eigenvalue weighted by atomic mass is 16.4. The van der Waals surface area contributed by atoms with Gasteiger partial charge in [0.2, 0.25) is 11.8 Å². The molecule has 1 aromatic rings. The molecule has 2 amide bonds. The van der Waals surface area contributed by atoms with Crippen LogP contribution >= 0.6 is 0 Å². The van der Waals surface area contributed by atoms with Gasteiger partial charge in [0.05, 0.1) is 11.8 Å². The molecule has 22 heavy (non-hydrogen) atoms. The maximum Gasteiger partial charge on any atom is 0.310 e. The van der Waals surface area contributed by atoms with Gasteiger partial charge in [-0.25, -0.2) is 0 Å². The van der Waals surface area contributed by atoms with Gasteiger partial charge in [0.25, 0.3) is 0 Å². The molecule has 0 bridgehead atoms. The van der Waals surface area contributed by atoms with E-state index in [1.807, 2.05) is 6.92 Å². The molecule has 2 atom stereocenters. The maximum absolute atomic E-state index is 12.2. The van der Waals surface area contributed by atoms with Crippen molar-refractivity contribution >= 4 is 23.5 Å². The van der Waals surface area contributed by atoms with Crippen LogP contribution in [0.1, 0.15) is 31.7 Å². The normalized spacial score (nSPS) is 19.1. The van der Waals surface area contributed by atoms with Gasteiger partial charge in [-0.2, -0.15) is 0 Å². The van der Waals surface area contributed by atoms with Crippen molar-refractivity contribution < 1.29 is 19.5 Å². The van der Waals surface area contributed by atoms with Gasteiger partial charge in [-0.15, -0.1) is 0 Å². The molecule has 0 radical (unpaired) electrons. The Labute approximate surface area is 129 Å². The number of benzene rings is 1. The van der Waals surface area contributed by atoms with Gasteiger partial charge in [-0.1, -0.05) is 12.1 Å². The second-order valence-corrected chi connectivity index (χ2v) is 5.51. The van der Waals surface area contributed by atoms with Crippen molar-refractivity contribution in [1.82, 2.24) is 4.90 Å². The highest BCUT2D eigenvalue weighted by molar-refractivity contribution is 5.97. The van der Waals surface area contributed by atoms with Crippen LogP contribution in [-0.2, 0) is 14.4 Å². The Morgan fingerprint density at radius 3 is 2.77 bits per heavy atom. The number of carboxylic acid groups (broad SMARTS) is 1. The van der Waals surface area contributed by atoms with E-state index in [0.29, 0.717) is 24.3 Å². The minimum absolute atomic E-state index is 0.00380. The van der Waals surface area contributed by atoms with Gasteiger partial charge < -0.3 is 15.3 Å². The van der Waals surface area contributed by atoms with E-state index in [1.54, 1.807) is 36.1 Å². The molecule has 0 saturated carbocycles. The van der Waals surface area contributed by atoms with Gasteiger partial charge in [-0.05, 0) is 31.5 Å². The lowest BCUT2D eigenvalue weighted by molar-refractivity contribution is -0.138. The molecule has 2 N–H and O–H groups in total. The van der Waals surface area contributed by atoms with E-state index in [2.05, 4.69) is 5.32 Å². The van der Waals surface area contributed by atoms with Crippen molar-refractivity contribution in [3.05, 3.63) is 29.8 Å². The molecule has 2 unspecified atom stereocenters. The number of rotatable bonds is 5. The molecule has 0 aromatic heterocycles. The van der Waals surface area contributed by atoms with Crippen molar-refractivity contribution in [3.8, 4) is 0 Å². The molecular formula is C16H20N2O4. The highest BCUT2D eigenvalue weighted by Crippen LogP contribution is 2.22. The number of anilines is 1. The first-order chi connectivity index (χ1) is 10.4. The van der Waals surface area contributed by atoms with E-state index in [4.69, 9.17) is 5.11 Å². The monoisotopic (exact) mass is 304 g/mol. The van der Waals surface area contributed by atoms with Crippen LogP contribution in [0.15, 0.2) is 24.3 Å². The molecule has 6 nitrogen and oxygen atoms in total. The summed E-state index contributed by atoms with van der Waals surface area (Å²) >= 11 is 0. The molecule has 6 heteroatoms. The molecular weight excluding hydrogens is 284 g/mol. The lowest BCUT2D eigenvalue weighted by Gasteiger charge is -2.14. The molecule has 1 aliphatic heterocycles. The zero-order valence-corrected chi connectivity index (χ0v) is 12.7. The van der Waals surface area contributed by atoms with Gasteiger partial charge >= 0.3 is 5.97 Å². The summed E-state index contributed by atoms with van der Waals surface area (Å²) in [6.45, 7) is 4.52. The summed E-state index contributed by atoms with van der Waals surface area (Å²) in [6.07, 6.45) is 0.227. The second kappa shape index (κ2) is 6.60. The summed E-state index contributed by atoms with van der Waals surface area (Å²) in [5, 5.41) is 11.8. The lowest BCUT2D eigenvalue weighted by atomic mass is 10.0. The Morgan fingerprint density at radius 1 is 1.45 bits per heavy atom. The Morgan fingerprint density at radius 2 is 2.18 bits per heavy atom. The number of aliphatic carboxylic acids is 1. The van der Waals surface area contributed by atoms with Crippen molar-refractivity contribution in [3.63, 3.8) is 0 Å². The van der Waals surface area contributed by atoms with E-state index >= 15 is 0 Å². The quantitative estimate of drug-likeness (QED) is 0.866. The van der Waals surface area contributed by atoms with Gasteiger partial charge in [0.15, 0.2) is 0 Å². The average molecular weight is 304 g/mol. The Bertz CT molecular complexity index is 600. The molecule has 0 aliphatic carbocycles. The summed E-state index contributed by atoms with van der Waals surface area (Å²) < 4.78 is 0. The molecule has 1 heterocycles. The lowest BCUT2D eigenvalue weighted by Crippen LogP contribution is -2.28. The van der Waals surface area contributed by atoms with Gasteiger partial charge in [-0.3, -0.25) is 14.4 Å². The van der Waals surface area contributed by atoms with E-state index < -0.39 is 11.9 Å². The van der Waals surface area contributed by atoms with Crippen LogP contribution in [0.5, 0.6) is 0 Å². The van der Waals surface area contributed by atoms with Crippen LogP contribution < -0.4 is 5.32 Å². The smallest absolute Gasteiger partial charge is 0.310 e. The Balaban J connectivity index is 2.05. The van der Waals surface area contributed by atoms with Crippen LogP contribution in [0.25, 0.3) is 0 Å².